The fourth-order valence-electron chi connectivity index (χ4n) is 0.646. The number of carboxylic acid groups (broad SMARTS) is 1. The van der Waals surface area contributed by atoms with Crippen molar-refractivity contribution in [1.29, 1.82) is 0 Å². The molecule has 6 nitrogen and oxygen atoms in total. The third-order valence-corrected chi connectivity index (χ3v) is 1.12. The first-order valence-corrected chi connectivity index (χ1v) is 3.46. The fourth-order valence-corrected chi connectivity index (χ4v) is 0.646. The van der Waals surface area contributed by atoms with Crippen LogP contribution >= 0.6 is 0 Å². The number of aromatic hydroxyl groups is 1. The molecule has 0 aliphatic heterocycles. The maximum Gasteiger partial charge on any atom is 2.00 e. The second kappa shape index (κ2) is 8.96. The predicted molar refractivity (Wildman–Crippen MR) is 48.4 cm³/mol. The summed E-state index contributed by atoms with van der Waals surface area (Å²) in [4.78, 5) is 10.2. The van der Waals surface area contributed by atoms with Gasteiger partial charge in [-0.1, -0.05) is 12.1 Å². The van der Waals surface area contributed by atoms with Crippen LogP contribution in [0.15, 0.2) is 24.3 Å². The third-order valence-electron chi connectivity index (χ3n) is 1.12. The van der Waals surface area contributed by atoms with Crippen LogP contribution in [0.2, 0.25) is 0 Å². The van der Waals surface area contributed by atoms with Crippen LogP contribution in [0, 0.1) is 0 Å². The van der Waals surface area contributed by atoms with Crippen molar-refractivity contribution in [3.63, 3.8) is 0 Å². The van der Waals surface area contributed by atoms with E-state index in [1.165, 1.54) is 18.2 Å². The van der Waals surface area contributed by atoms with E-state index in [1.807, 2.05) is 0 Å². The Morgan fingerprint density at radius 2 is 1.67 bits per heavy atom. The van der Waals surface area contributed by atoms with E-state index >= 15 is 0 Å². The molecule has 0 saturated heterocycles. The quantitative estimate of drug-likeness (QED) is 0.440. The summed E-state index contributed by atoms with van der Waals surface area (Å²) in [5.41, 5.74) is -0.178. The zero-order valence-corrected chi connectivity index (χ0v) is 9.87. The van der Waals surface area contributed by atoms with Crippen molar-refractivity contribution in [3.8, 4) is 5.75 Å². The second-order valence-electron chi connectivity index (χ2n) is 2.13. The Morgan fingerprint density at radius 1 is 1.27 bits per heavy atom. The Labute approximate surface area is 116 Å². The van der Waals surface area contributed by atoms with Gasteiger partial charge in [-0.2, -0.15) is 0 Å². The Morgan fingerprint density at radius 3 is 1.93 bits per heavy atom. The number of hydrogen-bond donors (Lipinski definition) is 3. The van der Waals surface area contributed by atoms with Crippen LogP contribution in [0.25, 0.3) is 0 Å². The topological polar surface area (TPSA) is 124 Å². The Hall–Kier alpha value is -0.305. The molecule has 0 saturated carbocycles. The Balaban J connectivity index is 0. The molecule has 0 bridgehead atoms. The van der Waals surface area contributed by atoms with Gasteiger partial charge in [0.15, 0.2) is 0 Å². The summed E-state index contributed by atoms with van der Waals surface area (Å²) in [7, 11) is -2.42. The number of benzene rings is 1. The molecule has 0 unspecified atom stereocenters. The first kappa shape index (κ1) is 17.1. The Bertz CT molecular complexity index is 303. The molecule has 1 aromatic carbocycles. The number of aromatic carboxylic acids is 1. The van der Waals surface area contributed by atoms with Crippen molar-refractivity contribution in [1.82, 2.24) is 0 Å². The van der Waals surface area contributed by atoms with Gasteiger partial charge in [0, 0.05) is 5.56 Å². The van der Waals surface area contributed by atoms with E-state index in [0.717, 1.165) is 0 Å². The van der Waals surface area contributed by atoms with Crippen LogP contribution in [-0.4, -0.2) is 66.2 Å². The van der Waals surface area contributed by atoms with E-state index in [2.05, 4.69) is 0 Å². The molecule has 0 aromatic heterocycles. The first-order chi connectivity index (χ1) is 6.45. The van der Waals surface area contributed by atoms with Crippen LogP contribution in [0.3, 0.4) is 0 Å². The van der Waals surface area contributed by atoms with Crippen molar-refractivity contribution in [3.05, 3.63) is 29.8 Å². The standard InChI is InChI=1S/C7H6O3.BH2O3.Ca/c8-6-4-2-1-3-5(6)7(9)10;2-1(3)4;/h1-4,8H,(H,9,10);2-3H;/q;-1;+2/p-1. The zero-order valence-electron chi connectivity index (χ0n) is 7.66. The van der Waals surface area contributed by atoms with Gasteiger partial charge in [0.2, 0.25) is 0 Å². The van der Waals surface area contributed by atoms with Gasteiger partial charge >= 0.3 is 45.1 Å². The predicted octanol–water partition coefficient (Wildman–Crippen LogP) is -3.31. The maximum absolute atomic E-state index is 10.2. The zero-order chi connectivity index (χ0) is 11.1. The molecule has 1 aromatic rings. The number of carbonyl (C=O) groups is 1. The molecule has 8 heteroatoms. The number of para-hydroxylation sites is 1. The summed E-state index contributed by atoms with van der Waals surface area (Å²) >= 11 is 0. The number of carbonyl (C=O) groups excluding carboxylic acids is 1. The SMILES string of the molecule is O=C([O-])c1ccccc1O.[Ca+2].[O-]B(O)O. The summed E-state index contributed by atoms with van der Waals surface area (Å²) < 4.78 is 0. The minimum Gasteiger partial charge on any atom is -0.832 e. The second-order valence-corrected chi connectivity index (χ2v) is 2.13. The molecule has 0 atom stereocenters. The molecule has 0 fully saturated rings. The first-order valence-electron chi connectivity index (χ1n) is 3.46. The summed E-state index contributed by atoms with van der Waals surface area (Å²) in [6, 6.07) is 5.64. The normalized spacial score (nSPS) is 7.93. The van der Waals surface area contributed by atoms with Crippen molar-refractivity contribution in [2.45, 2.75) is 0 Å². The minimum atomic E-state index is -2.42. The van der Waals surface area contributed by atoms with Crippen molar-refractivity contribution in [2.24, 2.45) is 0 Å². The van der Waals surface area contributed by atoms with Gasteiger partial charge in [-0.3, -0.25) is 0 Å². The van der Waals surface area contributed by atoms with Crippen molar-refractivity contribution < 1.29 is 30.1 Å². The molecule has 15 heavy (non-hydrogen) atoms. The van der Waals surface area contributed by atoms with Crippen LogP contribution < -0.4 is 10.1 Å². The number of carboxylic acids is 1. The number of rotatable bonds is 1. The van der Waals surface area contributed by atoms with E-state index in [4.69, 9.17) is 20.2 Å². The number of hydrogen-bond acceptors (Lipinski definition) is 6. The largest absolute Gasteiger partial charge is 2.00 e. The monoisotopic (exact) mass is 238 g/mol. The van der Waals surface area contributed by atoms with Gasteiger partial charge in [-0.15, -0.1) is 0 Å². The van der Waals surface area contributed by atoms with Crippen LogP contribution in [0.1, 0.15) is 10.4 Å². The van der Waals surface area contributed by atoms with Crippen molar-refractivity contribution in [2.75, 3.05) is 0 Å². The van der Waals surface area contributed by atoms with Gasteiger partial charge in [0.25, 0.3) is 0 Å². The molecule has 3 N–H and O–H groups in total. The smallest absolute Gasteiger partial charge is 0.832 e. The average molecular weight is 238 g/mol. The van der Waals surface area contributed by atoms with E-state index in [-0.39, 0.29) is 49.1 Å². The average Bonchev–Trinajstić information content (AvgIpc) is 2.03. The van der Waals surface area contributed by atoms with Gasteiger partial charge in [0.05, 0.1) is 5.97 Å². The molecule has 0 radical (unpaired) electrons. The molecule has 76 valence electrons. The summed E-state index contributed by atoms with van der Waals surface area (Å²) in [6.07, 6.45) is 0. The minimum absolute atomic E-state index is 0. The molecular weight excluding hydrogens is 231 g/mol. The van der Waals surface area contributed by atoms with Crippen LogP contribution in [0.4, 0.5) is 0 Å². The molecule has 0 spiro atoms. The molecule has 0 aliphatic carbocycles. The Kier molecular flexibility index (Phi) is 10.2. The molecule has 1 rings (SSSR count). The molecular formula is C7H7BCaO6. The van der Waals surface area contributed by atoms with Crippen LogP contribution in [-0.2, 0) is 0 Å². The summed E-state index contributed by atoms with van der Waals surface area (Å²) in [5, 5.41) is 41.8. The molecule has 0 aliphatic rings. The maximum atomic E-state index is 10.2. The summed E-state index contributed by atoms with van der Waals surface area (Å²) in [6.45, 7) is 0. The van der Waals surface area contributed by atoms with Gasteiger partial charge in [-0.05, 0) is 12.1 Å². The van der Waals surface area contributed by atoms with E-state index in [0.29, 0.717) is 0 Å². The van der Waals surface area contributed by atoms with Gasteiger partial charge in [-0.25, -0.2) is 0 Å². The van der Waals surface area contributed by atoms with E-state index in [9.17, 15) is 9.90 Å². The molecule has 0 heterocycles. The fraction of sp³-hybridized carbons (Fsp3) is 0. The summed E-state index contributed by atoms with van der Waals surface area (Å²) in [5.74, 6) is -1.62. The van der Waals surface area contributed by atoms with Crippen molar-refractivity contribution >= 4 is 51.0 Å². The van der Waals surface area contributed by atoms with E-state index in [1.54, 1.807) is 6.07 Å². The molecule has 0 amide bonds. The third kappa shape index (κ3) is 8.67. The number of phenols is 1. The van der Waals surface area contributed by atoms with Gasteiger partial charge < -0.3 is 30.1 Å². The van der Waals surface area contributed by atoms with Gasteiger partial charge in [0.1, 0.15) is 5.75 Å². The van der Waals surface area contributed by atoms with E-state index < -0.39 is 13.3 Å². The van der Waals surface area contributed by atoms with Crippen LogP contribution in [0.5, 0.6) is 5.75 Å².